The lowest BCUT2D eigenvalue weighted by Crippen LogP contribution is -2.28. The van der Waals surface area contributed by atoms with Gasteiger partial charge >= 0.3 is 0 Å². The predicted octanol–water partition coefficient (Wildman–Crippen LogP) is 3.56. The van der Waals surface area contributed by atoms with Gasteiger partial charge in [0.05, 0.1) is 17.4 Å². The van der Waals surface area contributed by atoms with Gasteiger partial charge in [-0.15, -0.1) is 0 Å². The van der Waals surface area contributed by atoms with Gasteiger partial charge < -0.3 is 11.1 Å². The Kier molecular flexibility index (Phi) is 5.46. The summed E-state index contributed by atoms with van der Waals surface area (Å²) in [5.41, 5.74) is 7.42. The molecule has 6 nitrogen and oxygen atoms in total. The minimum absolute atomic E-state index is 0.172. The number of hydrogen-bond donors (Lipinski definition) is 2. The molecule has 0 aliphatic carbocycles. The number of nitriles is 1. The van der Waals surface area contributed by atoms with Crippen molar-refractivity contribution in [1.82, 2.24) is 4.98 Å². The van der Waals surface area contributed by atoms with Crippen molar-refractivity contribution in [3.05, 3.63) is 59.2 Å². The van der Waals surface area contributed by atoms with Crippen LogP contribution >= 0.6 is 0 Å². The third kappa shape index (κ3) is 4.11. The van der Waals surface area contributed by atoms with Crippen LogP contribution < -0.4 is 11.1 Å². The van der Waals surface area contributed by atoms with Gasteiger partial charge in [0.1, 0.15) is 17.6 Å². The molecule has 3 rings (SSSR count). The number of amides is 1. The van der Waals surface area contributed by atoms with Gasteiger partial charge in [-0.3, -0.25) is 9.79 Å². The molecule has 138 valence electrons. The summed E-state index contributed by atoms with van der Waals surface area (Å²) < 4.78 is 14.3. The normalized spacial score (nSPS) is 19.1. The van der Waals surface area contributed by atoms with Crippen molar-refractivity contribution in [3.8, 4) is 6.07 Å². The number of nitrogens with zero attached hydrogens (tertiary/aromatic N) is 3. The molecule has 0 fully saturated rings. The van der Waals surface area contributed by atoms with Gasteiger partial charge in [0, 0.05) is 23.4 Å². The fraction of sp³-hybridized carbons (Fsp3) is 0.300. The lowest BCUT2D eigenvalue weighted by Gasteiger charge is -2.25. The van der Waals surface area contributed by atoms with Crippen molar-refractivity contribution in [3.63, 3.8) is 0 Å². The minimum Gasteiger partial charge on any atom is -0.387 e. The Morgan fingerprint density at radius 2 is 2.19 bits per heavy atom. The molecule has 2 aromatic rings. The van der Waals surface area contributed by atoms with Gasteiger partial charge in [0.2, 0.25) is 0 Å². The number of hydrogen-bond acceptors (Lipinski definition) is 5. The number of carbonyl (C=O) groups excluding carboxylic acids is 1. The number of halogens is 1. The Balaban J connectivity index is 1.80. The molecule has 0 spiro atoms. The Hall–Kier alpha value is -3.27. The highest BCUT2D eigenvalue weighted by molar-refractivity contribution is 6.02. The van der Waals surface area contributed by atoms with Crippen LogP contribution in [-0.4, -0.2) is 16.7 Å². The molecule has 1 aliphatic rings. The fourth-order valence-electron chi connectivity index (χ4n) is 3.16. The second-order valence-corrected chi connectivity index (χ2v) is 6.49. The molecule has 0 bridgehead atoms. The number of aromatic nitrogens is 1. The highest BCUT2D eigenvalue weighted by Crippen LogP contribution is 2.33. The first-order valence-corrected chi connectivity index (χ1v) is 8.82. The maximum absolute atomic E-state index is 14.3. The molecule has 0 radical (unpaired) electrons. The van der Waals surface area contributed by atoms with E-state index in [0.717, 1.165) is 12.8 Å². The number of aliphatic imine (C=N–C) groups is 1. The number of pyridine rings is 1. The van der Waals surface area contributed by atoms with E-state index in [0.29, 0.717) is 29.1 Å². The zero-order valence-electron chi connectivity index (χ0n) is 14.9. The van der Waals surface area contributed by atoms with Gasteiger partial charge in [-0.25, -0.2) is 9.37 Å². The van der Waals surface area contributed by atoms with Crippen LogP contribution in [0.5, 0.6) is 0 Å². The van der Waals surface area contributed by atoms with Crippen LogP contribution in [0.25, 0.3) is 0 Å². The molecule has 0 saturated heterocycles. The van der Waals surface area contributed by atoms with Gasteiger partial charge in [-0.05, 0) is 49.6 Å². The molecule has 1 aliphatic heterocycles. The van der Waals surface area contributed by atoms with Crippen molar-refractivity contribution in [2.75, 3.05) is 5.32 Å². The Morgan fingerprint density at radius 1 is 1.37 bits per heavy atom. The average molecular weight is 365 g/mol. The monoisotopic (exact) mass is 365 g/mol. The fourth-order valence-corrected chi connectivity index (χ4v) is 3.16. The van der Waals surface area contributed by atoms with E-state index in [-0.39, 0.29) is 23.5 Å². The van der Waals surface area contributed by atoms with Crippen molar-refractivity contribution in [2.24, 2.45) is 16.6 Å². The third-order valence-corrected chi connectivity index (χ3v) is 4.74. The summed E-state index contributed by atoms with van der Waals surface area (Å²) in [6.07, 6.45) is 3.82. The number of rotatable bonds is 4. The summed E-state index contributed by atoms with van der Waals surface area (Å²) in [6, 6.07) is 8.97. The minimum atomic E-state index is -0.435. The maximum Gasteiger partial charge on any atom is 0.274 e. The Bertz CT molecular complexity index is 917. The van der Waals surface area contributed by atoms with Crippen LogP contribution in [0.4, 0.5) is 10.1 Å². The first kappa shape index (κ1) is 18.5. The molecule has 27 heavy (non-hydrogen) atoms. The maximum atomic E-state index is 14.3. The van der Waals surface area contributed by atoms with Crippen LogP contribution in [0.3, 0.4) is 0 Å². The highest BCUT2D eigenvalue weighted by atomic mass is 19.1. The SMILES string of the molecule is CCC1CCC(c2cc(NC(=O)c3ccc(C#N)cn3)ccc2F)N=C1N. The van der Waals surface area contributed by atoms with E-state index >= 15 is 0 Å². The van der Waals surface area contributed by atoms with E-state index < -0.39 is 5.91 Å². The van der Waals surface area contributed by atoms with Crippen molar-refractivity contribution in [2.45, 2.75) is 32.2 Å². The summed E-state index contributed by atoms with van der Waals surface area (Å²) in [7, 11) is 0. The Morgan fingerprint density at radius 3 is 2.81 bits per heavy atom. The van der Waals surface area contributed by atoms with Gasteiger partial charge in [0.15, 0.2) is 0 Å². The lowest BCUT2D eigenvalue weighted by molar-refractivity contribution is 0.102. The smallest absolute Gasteiger partial charge is 0.274 e. The first-order valence-electron chi connectivity index (χ1n) is 8.82. The van der Waals surface area contributed by atoms with E-state index in [1.807, 2.05) is 6.07 Å². The molecule has 0 saturated carbocycles. The van der Waals surface area contributed by atoms with E-state index in [1.165, 1.54) is 30.5 Å². The van der Waals surface area contributed by atoms with Crippen LogP contribution in [0, 0.1) is 23.1 Å². The summed E-state index contributed by atoms with van der Waals surface area (Å²) >= 11 is 0. The molecular weight excluding hydrogens is 345 g/mol. The largest absolute Gasteiger partial charge is 0.387 e. The second kappa shape index (κ2) is 7.96. The van der Waals surface area contributed by atoms with Gasteiger partial charge in [-0.2, -0.15) is 5.26 Å². The zero-order valence-corrected chi connectivity index (χ0v) is 14.9. The van der Waals surface area contributed by atoms with Crippen molar-refractivity contribution >= 4 is 17.4 Å². The van der Waals surface area contributed by atoms with Gasteiger partial charge in [-0.1, -0.05) is 6.92 Å². The van der Waals surface area contributed by atoms with E-state index in [4.69, 9.17) is 11.0 Å². The molecule has 7 heteroatoms. The third-order valence-electron chi connectivity index (χ3n) is 4.74. The average Bonchev–Trinajstić information content (AvgIpc) is 2.69. The van der Waals surface area contributed by atoms with Crippen LogP contribution in [0.1, 0.15) is 53.8 Å². The highest BCUT2D eigenvalue weighted by Gasteiger charge is 2.24. The number of benzene rings is 1. The van der Waals surface area contributed by atoms with E-state index in [2.05, 4.69) is 22.2 Å². The first-order chi connectivity index (χ1) is 13.0. The second-order valence-electron chi connectivity index (χ2n) is 6.49. The molecule has 2 unspecified atom stereocenters. The topological polar surface area (TPSA) is 104 Å². The zero-order chi connectivity index (χ0) is 19.4. The molecule has 3 N–H and O–H groups in total. The summed E-state index contributed by atoms with van der Waals surface area (Å²) in [6.45, 7) is 2.06. The van der Waals surface area contributed by atoms with Crippen LogP contribution in [0.2, 0.25) is 0 Å². The predicted molar refractivity (Wildman–Crippen MR) is 101 cm³/mol. The van der Waals surface area contributed by atoms with Crippen LogP contribution in [0.15, 0.2) is 41.5 Å². The van der Waals surface area contributed by atoms with Crippen LogP contribution in [-0.2, 0) is 0 Å². The number of amidine groups is 1. The molecule has 1 aromatic heterocycles. The number of nitrogens with one attached hydrogen (secondary N) is 1. The standard InChI is InChI=1S/C20H20FN5O/c1-2-13-4-8-17(26-19(13)23)15-9-14(5-6-16(15)21)25-20(27)18-7-3-12(10-22)11-24-18/h3,5-7,9,11,13,17H,2,4,8H2,1H3,(H2,23,26)(H,25,27). The molecule has 2 atom stereocenters. The van der Waals surface area contributed by atoms with E-state index in [9.17, 15) is 9.18 Å². The molecule has 2 heterocycles. The summed E-state index contributed by atoms with van der Waals surface area (Å²) in [5.74, 6) is -0.00484. The summed E-state index contributed by atoms with van der Waals surface area (Å²) in [4.78, 5) is 20.7. The van der Waals surface area contributed by atoms with Crippen molar-refractivity contribution < 1.29 is 9.18 Å². The Labute approximate surface area is 156 Å². The quantitative estimate of drug-likeness (QED) is 0.864. The molecule has 1 amide bonds. The number of anilines is 1. The summed E-state index contributed by atoms with van der Waals surface area (Å²) in [5, 5.41) is 11.5. The molecular formula is C20H20FN5O. The number of carbonyl (C=O) groups is 1. The lowest BCUT2D eigenvalue weighted by atomic mass is 9.90. The van der Waals surface area contributed by atoms with E-state index in [1.54, 1.807) is 6.07 Å². The number of nitrogens with two attached hydrogens (primary N) is 1. The van der Waals surface area contributed by atoms with Crippen molar-refractivity contribution in [1.29, 1.82) is 5.26 Å². The van der Waals surface area contributed by atoms with Gasteiger partial charge in [0.25, 0.3) is 5.91 Å². The molecule has 1 aromatic carbocycles.